The number of hydrogen-bond donors (Lipinski definition) is 1. The van der Waals surface area contributed by atoms with Gasteiger partial charge in [0.1, 0.15) is 0 Å². The largest absolute Gasteiger partial charge is 0.359 e. The van der Waals surface area contributed by atoms with Gasteiger partial charge < -0.3 is 10.2 Å². The van der Waals surface area contributed by atoms with Crippen molar-refractivity contribution < 1.29 is 4.79 Å². The summed E-state index contributed by atoms with van der Waals surface area (Å²) in [5.74, 6) is 0.833. The van der Waals surface area contributed by atoms with Gasteiger partial charge in [-0.05, 0) is 37.6 Å². The Labute approximate surface area is 129 Å². The van der Waals surface area contributed by atoms with Crippen molar-refractivity contribution in [1.29, 1.82) is 5.26 Å². The first kappa shape index (κ1) is 18.0. The summed E-state index contributed by atoms with van der Waals surface area (Å²) in [6.07, 6.45) is 4.88. The molecule has 0 spiro atoms. The van der Waals surface area contributed by atoms with E-state index in [0.717, 1.165) is 25.8 Å². The lowest BCUT2D eigenvalue weighted by molar-refractivity contribution is -0.121. The summed E-state index contributed by atoms with van der Waals surface area (Å²) in [6.45, 7) is 7.65. The van der Waals surface area contributed by atoms with Crippen LogP contribution in [0.3, 0.4) is 0 Å². The Kier molecular flexibility index (Phi) is 6.67. The molecule has 0 aromatic carbocycles. The van der Waals surface area contributed by atoms with Gasteiger partial charge in [0.05, 0.1) is 12.0 Å². The summed E-state index contributed by atoms with van der Waals surface area (Å²) < 4.78 is 0. The Balaban J connectivity index is 2.70. The van der Waals surface area contributed by atoms with E-state index in [1.807, 2.05) is 0 Å². The van der Waals surface area contributed by atoms with E-state index in [-0.39, 0.29) is 17.9 Å². The normalized spacial score (nSPS) is 26.4. The third-order valence-corrected chi connectivity index (χ3v) is 5.54. The first-order valence-electron chi connectivity index (χ1n) is 8.16. The molecule has 21 heavy (non-hydrogen) atoms. The van der Waals surface area contributed by atoms with Gasteiger partial charge in [-0.3, -0.25) is 4.79 Å². The second-order valence-electron chi connectivity index (χ2n) is 7.06. The van der Waals surface area contributed by atoms with Crippen molar-refractivity contribution in [3.63, 3.8) is 0 Å². The van der Waals surface area contributed by atoms with Crippen molar-refractivity contribution in [2.24, 2.45) is 17.3 Å². The van der Waals surface area contributed by atoms with Crippen LogP contribution in [0.2, 0.25) is 0 Å². The molecule has 1 amide bonds. The molecular formula is C17H31N3O. The first-order chi connectivity index (χ1) is 9.85. The predicted octanol–water partition coefficient (Wildman–Crippen LogP) is 2.80. The highest BCUT2D eigenvalue weighted by Crippen LogP contribution is 2.43. The Morgan fingerprint density at radius 2 is 2.10 bits per heavy atom. The Morgan fingerprint density at radius 1 is 1.43 bits per heavy atom. The van der Waals surface area contributed by atoms with Gasteiger partial charge in [-0.2, -0.15) is 5.26 Å². The van der Waals surface area contributed by atoms with E-state index < -0.39 is 0 Å². The van der Waals surface area contributed by atoms with Gasteiger partial charge >= 0.3 is 0 Å². The molecule has 1 N–H and O–H groups in total. The summed E-state index contributed by atoms with van der Waals surface area (Å²) >= 11 is 0. The molecule has 3 unspecified atom stereocenters. The zero-order valence-electron chi connectivity index (χ0n) is 14.3. The maximum atomic E-state index is 11.4. The molecule has 0 aromatic heterocycles. The standard InChI is InChI=1S/C17H31N3O/c1-6-17(2,3)14-8-7-13(12-18)15(11-14)20(5)10-9-16(21)19-4/h13-15H,6-11H2,1-5H3,(H,19,21). The topological polar surface area (TPSA) is 56.1 Å². The molecule has 1 fully saturated rings. The first-order valence-corrected chi connectivity index (χ1v) is 8.16. The SMILES string of the molecule is CCC(C)(C)C1CCC(C#N)C(N(C)CCC(=O)NC)C1. The van der Waals surface area contributed by atoms with E-state index in [1.54, 1.807) is 7.05 Å². The molecule has 4 nitrogen and oxygen atoms in total. The molecule has 0 heterocycles. The quantitative estimate of drug-likeness (QED) is 0.819. The maximum Gasteiger partial charge on any atom is 0.221 e. The minimum absolute atomic E-state index is 0.0663. The minimum atomic E-state index is 0.0663. The monoisotopic (exact) mass is 293 g/mol. The van der Waals surface area contributed by atoms with Crippen molar-refractivity contribution in [3.8, 4) is 6.07 Å². The molecule has 1 aliphatic carbocycles. The van der Waals surface area contributed by atoms with Gasteiger partial charge in [0, 0.05) is 26.1 Å². The van der Waals surface area contributed by atoms with Gasteiger partial charge in [-0.1, -0.05) is 27.2 Å². The van der Waals surface area contributed by atoms with Crippen molar-refractivity contribution in [2.45, 2.75) is 58.9 Å². The highest BCUT2D eigenvalue weighted by Gasteiger charge is 2.38. The van der Waals surface area contributed by atoms with E-state index in [1.165, 1.54) is 6.42 Å². The zero-order valence-corrected chi connectivity index (χ0v) is 14.3. The fraction of sp³-hybridized carbons (Fsp3) is 0.882. The number of carbonyl (C=O) groups excluding carboxylic acids is 1. The molecule has 4 heteroatoms. The van der Waals surface area contributed by atoms with Crippen LogP contribution < -0.4 is 5.32 Å². The number of nitrogens with one attached hydrogen (secondary N) is 1. The van der Waals surface area contributed by atoms with E-state index in [0.29, 0.717) is 17.8 Å². The third-order valence-electron chi connectivity index (χ3n) is 5.54. The van der Waals surface area contributed by atoms with Gasteiger partial charge in [0.15, 0.2) is 0 Å². The molecule has 0 aliphatic heterocycles. The van der Waals surface area contributed by atoms with Crippen LogP contribution in [-0.4, -0.2) is 37.5 Å². The van der Waals surface area contributed by atoms with Crippen LogP contribution in [0.15, 0.2) is 0 Å². The summed E-state index contributed by atoms with van der Waals surface area (Å²) in [6, 6.07) is 2.77. The van der Waals surface area contributed by atoms with Gasteiger partial charge in [0.25, 0.3) is 0 Å². The molecule has 3 atom stereocenters. The minimum Gasteiger partial charge on any atom is -0.359 e. The summed E-state index contributed by atoms with van der Waals surface area (Å²) in [5, 5.41) is 12.1. The van der Waals surface area contributed by atoms with Crippen LogP contribution in [0.25, 0.3) is 0 Å². The van der Waals surface area contributed by atoms with Crippen LogP contribution in [0.4, 0.5) is 0 Å². The summed E-state index contributed by atoms with van der Waals surface area (Å²) in [4.78, 5) is 13.6. The second kappa shape index (κ2) is 7.79. The molecule has 1 saturated carbocycles. The molecule has 0 aromatic rings. The number of hydrogen-bond acceptors (Lipinski definition) is 3. The highest BCUT2D eigenvalue weighted by atomic mass is 16.1. The summed E-state index contributed by atoms with van der Waals surface area (Å²) in [5.41, 5.74) is 0.334. The lowest BCUT2D eigenvalue weighted by Gasteiger charge is -2.44. The Morgan fingerprint density at radius 3 is 2.62 bits per heavy atom. The zero-order chi connectivity index (χ0) is 16.0. The highest BCUT2D eigenvalue weighted by molar-refractivity contribution is 5.75. The van der Waals surface area contributed by atoms with Gasteiger partial charge in [-0.25, -0.2) is 0 Å². The van der Waals surface area contributed by atoms with Crippen molar-refractivity contribution in [1.82, 2.24) is 10.2 Å². The van der Waals surface area contributed by atoms with Crippen LogP contribution in [0.1, 0.15) is 52.9 Å². The Hall–Kier alpha value is -1.08. The predicted molar refractivity (Wildman–Crippen MR) is 85.6 cm³/mol. The van der Waals surface area contributed by atoms with E-state index in [9.17, 15) is 10.1 Å². The van der Waals surface area contributed by atoms with Gasteiger partial charge in [0.2, 0.25) is 5.91 Å². The van der Waals surface area contributed by atoms with Crippen LogP contribution >= 0.6 is 0 Å². The number of rotatable bonds is 6. The lowest BCUT2D eigenvalue weighted by Crippen LogP contribution is -2.45. The van der Waals surface area contributed by atoms with Crippen LogP contribution in [-0.2, 0) is 4.79 Å². The second-order valence-corrected chi connectivity index (χ2v) is 7.06. The molecule has 1 rings (SSSR count). The average molecular weight is 293 g/mol. The molecular weight excluding hydrogens is 262 g/mol. The van der Waals surface area contributed by atoms with Crippen LogP contribution in [0.5, 0.6) is 0 Å². The average Bonchev–Trinajstić information content (AvgIpc) is 2.51. The smallest absolute Gasteiger partial charge is 0.221 e. The summed E-state index contributed by atoms with van der Waals surface area (Å²) in [7, 11) is 3.72. The fourth-order valence-electron chi connectivity index (χ4n) is 3.35. The molecule has 0 bridgehead atoms. The van der Waals surface area contributed by atoms with Crippen LogP contribution in [0, 0.1) is 28.6 Å². The third kappa shape index (κ3) is 4.71. The molecule has 0 radical (unpaired) electrons. The number of amides is 1. The van der Waals surface area contributed by atoms with E-state index in [2.05, 4.69) is 44.1 Å². The number of nitriles is 1. The van der Waals surface area contributed by atoms with Crippen molar-refractivity contribution >= 4 is 5.91 Å². The molecule has 0 saturated heterocycles. The lowest BCUT2D eigenvalue weighted by atomic mass is 9.66. The molecule has 120 valence electrons. The molecule has 1 aliphatic rings. The number of nitrogens with zero attached hydrogens (tertiary/aromatic N) is 2. The maximum absolute atomic E-state index is 11.4. The van der Waals surface area contributed by atoms with Gasteiger partial charge in [-0.15, -0.1) is 0 Å². The van der Waals surface area contributed by atoms with E-state index >= 15 is 0 Å². The van der Waals surface area contributed by atoms with Crippen molar-refractivity contribution in [2.75, 3.05) is 20.6 Å². The Bertz CT molecular complexity index is 386. The number of carbonyl (C=O) groups is 1. The van der Waals surface area contributed by atoms with Crippen molar-refractivity contribution in [3.05, 3.63) is 0 Å². The van der Waals surface area contributed by atoms with E-state index in [4.69, 9.17) is 0 Å². The fourth-order valence-corrected chi connectivity index (χ4v) is 3.35.